The lowest BCUT2D eigenvalue weighted by Crippen LogP contribution is -2.30. The predicted molar refractivity (Wildman–Crippen MR) is 368 cm³/mol. The van der Waals surface area contributed by atoms with Crippen molar-refractivity contribution in [1.29, 1.82) is 0 Å². The molecule has 0 fully saturated rings. The first-order valence-corrected chi connectivity index (χ1v) is 39.9. The number of hydrogen-bond donors (Lipinski definition) is 3. The Labute approximate surface area is 554 Å². The first-order chi connectivity index (χ1) is 44.0. The molecular weight excluding hydrogens is 1200 g/mol. The van der Waals surface area contributed by atoms with Crippen LogP contribution in [0.5, 0.6) is 0 Å². The summed E-state index contributed by atoms with van der Waals surface area (Å²) in [6.07, 6.45) is 54.8. The zero-order valence-corrected chi connectivity index (χ0v) is 60.3. The third-order valence-corrected chi connectivity index (χ3v) is 18.1. The van der Waals surface area contributed by atoms with Crippen molar-refractivity contribution in [2.45, 2.75) is 368 Å². The Bertz CT molecular complexity index is 1850. The van der Waals surface area contributed by atoms with Crippen molar-refractivity contribution in [2.24, 2.45) is 5.92 Å². The number of carbonyl (C=O) groups is 4. The lowest BCUT2D eigenvalue weighted by atomic mass is 10.0. The maximum absolute atomic E-state index is 13.0. The van der Waals surface area contributed by atoms with E-state index in [0.29, 0.717) is 25.7 Å². The topological polar surface area (TPSA) is 237 Å². The van der Waals surface area contributed by atoms with Gasteiger partial charge in [0.25, 0.3) is 0 Å². The summed E-state index contributed by atoms with van der Waals surface area (Å²) < 4.78 is 68.3. The van der Waals surface area contributed by atoms with Gasteiger partial charge in [0.15, 0.2) is 12.2 Å². The number of phosphoric ester groups is 2. The van der Waals surface area contributed by atoms with Gasteiger partial charge in [0.1, 0.15) is 19.3 Å². The lowest BCUT2D eigenvalue weighted by Gasteiger charge is -2.21. The van der Waals surface area contributed by atoms with Gasteiger partial charge in [-0.1, -0.05) is 296 Å². The Kier molecular flexibility index (Phi) is 63.1. The minimum atomic E-state index is -4.96. The van der Waals surface area contributed by atoms with Crippen molar-refractivity contribution in [2.75, 3.05) is 39.6 Å². The molecule has 0 radical (unpaired) electrons. The SMILES string of the molecule is CCCCCC/C=C\C=C/CCCCCCCC(=O)O[C@H](COC(=O)CCCCCCCCCCCCCCC)COP(=O)(O)OC[C@@H](O)COP(=O)(O)OC[C@@H](COC(=O)CCCCCCCCCCC(C)C)OC(=O)CCCCCCCCCCCCCC. The van der Waals surface area contributed by atoms with Gasteiger partial charge < -0.3 is 33.8 Å². The molecule has 19 heteroatoms. The van der Waals surface area contributed by atoms with Gasteiger partial charge in [-0.3, -0.25) is 37.3 Å². The second kappa shape index (κ2) is 64.9. The molecule has 0 aliphatic carbocycles. The number of hydrogen-bond acceptors (Lipinski definition) is 15. The molecule has 0 aliphatic rings. The average molecular weight is 1340 g/mol. The molecule has 0 heterocycles. The van der Waals surface area contributed by atoms with Gasteiger partial charge in [0.05, 0.1) is 26.4 Å². The van der Waals surface area contributed by atoms with Crippen molar-refractivity contribution >= 4 is 39.5 Å². The number of phosphoric acid groups is 2. The Morgan fingerprint density at radius 2 is 0.593 bits per heavy atom. The van der Waals surface area contributed by atoms with Gasteiger partial charge in [-0.25, -0.2) is 9.13 Å². The average Bonchev–Trinajstić information content (AvgIpc) is 3.72. The lowest BCUT2D eigenvalue weighted by molar-refractivity contribution is -0.161. The Morgan fingerprint density at radius 1 is 0.341 bits per heavy atom. The summed E-state index contributed by atoms with van der Waals surface area (Å²) in [5.41, 5.74) is 0. The molecule has 0 bridgehead atoms. The Hall–Kier alpha value is -2.46. The normalized spacial score (nSPS) is 14.2. The van der Waals surface area contributed by atoms with Crippen LogP contribution < -0.4 is 0 Å². The summed E-state index contributed by atoms with van der Waals surface area (Å²) in [5, 5.41) is 10.6. The van der Waals surface area contributed by atoms with Crippen molar-refractivity contribution in [3.8, 4) is 0 Å². The molecule has 0 aromatic heterocycles. The zero-order valence-electron chi connectivity index (χ0n) is 58.5. The van der Waals surface area contributed by atoms with Crippen LogP contribution in [0.15, 0.2) is 24.3 Å². The van der Waals surface area contributed by atoms with Gasteiger partial charge in [0, 0.05) is 25.7 Å². The van der Waals surface area contributed by atoms with Gasteiger partial charge in [-0.15, -0.1) is 0 Å². The summed E-state index contributed by atoms with van der Waals surface area (Å²) in [6, 6.07) is 0. The van der Waals surface area contributed by atoms with Crippen molar-refractivity contribution < 1.29 is 80.2 Å². The third kappa shape index (κ3) is 66.0. The summed E-state index contributed by atoms with van der Waals surface area (Å²) in [5.74, 6) is -1.42. The number of aliphatic hydroxyl groups excluding tert-OH is 1. The second-order valence-electron chi connectivity index (χ2n) is 25.8. The van der Waals surface area contributed by atoms with Crippen LogP contribution >= 0.6 is 15.6 Å². The summed E-state index contributed by atoms with van der Waals surface area (Å²) in [6.45, 7) is 7.16. The maximum atomic E-state index is 13.0. The molecule has 2 unspecified atom stereocenters. The van der Waals surface area contributed by atoms with Crippen LogP contribution in [0.4, 0.5) is 0 Å². The molecule has 0 rings (SSSR count). The van der Waals surface area contributed by atoms with Crippen molar-refractivity contribution in [1.82, 2.24) is 0 Å². The first-order valence-electron chi connectivity index (χ1n) is 37.0. The van der Waals surface area contributed by atoms with E-state index in [1.54, 1.807) is 0 Å². The molecular formula is C72H136O17P2. The molecule has 0 aromatic carbocycles. The van der Waals surface area contributed by atoms with Crippen molar-refractivity contribution in [3.63, 3.8) is 0 Å². The van der Waals surface area contributed by atoms with Crippen LogP contribution in [-0.4, -0.2) is 96.7 Å². The van der Waals surface area contributed by atoms with Gasteiger partial charge in [-0.2, -0.15) is 0 Å². The number of ether oxygens (including phenoxy) is 4. The highest BCUT2D eigenvalue weighted by Crippen LogP contribution is 2.45. The zero-order chi connectivity index (χ0) is 67.0. The molecule has 5 atom stereocenters. The molecule has 0 amide bonds. The molecule has 0 saturated heterocycles. The van der Waals surface area contributed by atoms with E-state index in [1.807, 2.05) is 0 Å². The maximum Gasteiger partial charge on any atom is 0.472 e. The van der Waals surface area contributed by atoms with Crippen molar-refractivity contribution in [3.05, 3.63) is 24.3 Å². The molecule has 91 heavy (non-hydrogen) atoms. The number of aliphatic hydroxyl groups is 1. The van der Waals surface area contributed by atoms with Crippen LogP contribution in [0.1, 0.15) is 349 Å². The van der Waals surface area contributed by atoms with Crippen LogP contribution in [0, 0.1) is 5.92 Å². The largest absolute Gasteiger partial charge is 0.472 e. The number of allylic oxidation sites excluding steroid dienone is 4. The Balaban J connectivity index is 5.29. The number of unbranched alkanes of at least 4 members (excludes halogenated alkanes) is 39. The van der Waals surface area contributed by atoms with E-state index in [4.69, 9.17) is 37.0 Å². The smallest absolute Gasteiger partial charge is 0.462 e. The number of rotatable bonds is 70. The third-order valence-electron chi connectivity index (χ3n) is 16.2. The molecule has 0 saturated carbocycles. The van der Waals surface area contributed by atoms with Crippen LogP contribution in [-0.2, 0) is 65.4 Å². The Morgan fingerprint density at radius 3 is 0.901 bits per heavy atom. The fraction of sp³-hybridized carbons (Fsp3) is 0.889. The van der Waals surface area contributed by atoms with E-state index < -0.39 is 97.5 Å². The molecule has 0 aromatic rings. The van der Waals surface area contributed by atoms with E-state index >= 15 is 0 Å². The monoisotopic (exact) mass is 1330 g/mol. The standard InChI is InChI=1S/C72H136O17P2/c1-6-9-12-15-18-21-24-27-28-30-33-36-43-48-53-58-72(77)88-67(61-82-69(74)55-50-45-40-34-32-29-25-22-19-16-13-10-7-2)63-86-90(78,79)84-59-66(73)60-85-91(80,81)87-64-68(62-83-70(75)56-51-46-41-38-37-39-44-49-54-65(4)5)89-71(76)57-52-47-42-35-31-26-23-20-17-14-11-8-3/h21,24,27-28,65-68,73H,6-20,22-23,25-26,29-64H2,1-5H3,(H,78,79)(H,80,81)/b24-21-,28-27-/t66-,67-,68-/m1/s1. The molecule has 0 aliphatic heterocycles. The highest BCUT2D eigenvalue weighted by atomic mass is 31.2. The molecule has 536 valence electrons. The molecule has 17 nitrogen and oxygen atoms in total. The van der Waals surface area contributed by atoms with Crippen LogP contribution in [0.25, 0.3) is 0 Å². The summed E-state index contributed by atoms with van der Waals surface area (Å²) >= 11 is 0. The van der Waals surface area contributed by atoms with Gasteiger partial charge in [0.2, 0.25) is 0 Å². The molecule has 0 spiro atoms. The molecule has 3 N–H and O–H groups in total. The fourth-order valence-electron chi connectivity index (χ4n) is 10.5. The van der Waals surface area contributed by atoms with E-state index in [-0.39, 0.29) is 25.7 Å². The number of carbonyl (C=O) groups excluding carboxylic acids is 4. The number of esters is 4. The van der Waals surface area contributed by atoms with Crippen LogP contribution in [0.2, 0.25) is 0 Å². The summed E-state index contributed by atoms with van der Waals surface area (Å²) in [4.78, 5) is 72.6. The van der Waals surface area contributed by atoms with E-state index in [2.05, 4.69) is 58.9 Å². The van der Waals surface area contributed by atoms with E-state index in [0.717, 1.165) is 109 Å². The minimum absolute atomic E-state index is 0.0855. The summed E-state index contributed by atoms with van der Waals surface area (Å²) in [7, 11) is -9.91. The van der Waals surface area contributed by atoms with Gasteiger partial charge >= 0.3 is 39.5 Å². The minimum Gasteiger partial charge on any atom is -0.462 e. The fourth-order valence-corrected chi connectivity index (χ4v) is 12.0. The van der Waals surface area contributed by atoms with E-state index in [9.17, 15) is 43.2 Å². The van der Waals surface area contributed by atoms with Crippen LogP contribution in [0.3, 0.4) is 0 Å². The highest BCUT2D eigenvalue weighted by molar-refractivity contribution is 7.47. The first kappa shape index (κ1) is 88.5. The van der Waals surface area contributed by atoms with E-state index in [1.165, 1.54) is 161 Å². The predicted octanol–water partition coefficient (Wildman–Crippen LogP) is 20.5. The quantitative estimate of drug-likeness (QED) is 0.0169. The second-order valence-corrected chi connectivity index (χ2v) is 28.7. The van der Waals surface area contributed by atoms with Gasteiger partial charge in [-0.05, 0) is 57.3 Å². The highest BCUT2D eigenvalue weighted by Gasteiger charge is 2.30.